The number of hydrogen-bond acceptors (Lipinski definition) is 2. The summed E-state index contributed by atoms with van der Waals surface area (Å²) in [7, 11) is 0. The summed E-state index contributed by atoms with van der Waals surface area (Å²) in [5.41, 5.74) is 1.90. The van der Waals surface area contributed by atoms with Gasteiger partial charge in [-0.1, -0.05) is 60.7 Å². The zero-order chi connectivity index (χ0) is 16.2. The molecule has 2 aromatic rings. The Labute approximate surface area is 155 Å². The van der Waals surface area contributed by atoms with Crippen molar-refractivity contribution in [3.8, 4) is 0 Å². The minimum atomic E-state index is -0.436. The highest BCUT2D eigenvalue weighted by atomic mass is 35.5. The fraction of sp³-hybridized carbons (Fsp3) is 0.333. The van der Waals surface area contributed by atoms with Gasteiger partial charge < -0.3 is 15.4 Å². The number of nitrogens with two attached hydrogens (primary N) is 1. The lowest BCUT2D eigenvalue weighted by molar-refractivity contribution is -0.665. The van der Waals surface area contributed by atoms with Crippen LogP contribution in [0.3, 0.4) is 0 Å². The number of benzene rings is 2. The van der Waals surface area contributed by atoms with Crippen LogP contribution in [-0.4, -0.2) is 13.1 Å². The molecule has 3 N–H and O–H groups in total. The molecule has 4 heteroatoms. The van der Waals surface area contributed by atoms with Crippen molar-refractivity contribution < 1.29 is 10.1 Å². The van der Waals surface area contributed by atoms with Gasteiger partial charge >= 0.3 is 0 Å². The molecule has 0 aliphatic carbocycles. The van der Waals surface area contributed by atoms with Gasteiger partial charge in [-0.25, -0.2) is 0 Å². The van der Waals surface area contributed by atoms with E-state index in [9.17, 15) is 0 Å². The molecule has 1 atom stereocenters. The van der Waals surface area contributed by atoms with E-state index in [0.717, 1.165) is 17.7 Å². The summed E-state index contributed by atoms with van der Waals surface area (Å²) in [5, 5.41) is 6.01. The quantitative estimate of drug-likeness (QED) is 0.881. The maximum Gasteiger partial charge on any atom is 0.207 e. The Hall–Kier alpha value is -1.97. The smallest absolute Gasteiger partial charge is 0.207 e. The molecular formula is C21H26ClN2O+. The van der Waals surface area contributed by atoms with Crippen LogP contribution in [0.5, 0.6) is 0 Å². The van der Waals surface area contributed by atoms with Gasteiger partial charge in [0.2, 0.25) is 5.72 Å². The number of halogens is 1. The molecule has 0 saturated carbocycles. The first-order valence-corrected chi connectivity index (χ1v) is 8.95. The third kappa shape index (κ3) is 3.83. The number of hydrogen-bond donors (Lipinski definition) is 2. The van der Waals surface area contributed by atoms with Crippen LogP contribution in [-0.2, 0) is 10.5 Å². The lowest BCUT2D eigenvalue weighted by Crippen LogP contribution is -2.86. The molecule has 2 aliphatic heterocycles. The maximum atomic E-state index is 6.56. The minimum absolute atomic E-state index is 0. The molecule has 1 saturated heterocycles. The van der Waals surface area contributed by atoms with Gasteiger partial charge in [0.25, 0.3) is 0 Å². The van der Waals surface area contributed by atoms with Crippen molar-refractivity contribution in [2.75, 3.05) is 13.1 Å². The highest BCUT2D eigenvalue weighted by Crippen LogP contribution is 2.40. The molecule has 0 radical (unpaired) electrons. The lowest BCUT2D eigenvalue weighted by Gasteiger charge is -2.35. The van der Waals surface area contributed by atoms with Crippen molar-refractivity contribution in [2.24, 2.45) is 5.92 Å². The Kier molecular flexibility index (Phi) is 5.67. The van der Waals surface area contributed by atoms with E-state index in [1.165, 1.54) is 31.5 Å². The zero-order valence-corrected chi connectivity index (χ0v) is 15.2. The number of piperidine rings is 1. The van der Waals surface area contributed by atoms with Crippen LogP contribution >= 0.6 is 12.4 Å². The van der Waals surface area contributed by atoms with Crippen LogP contribution in [0.25, 0.3) is 5.76 Å². The molecule has 1 unspecified atom stereocenters. The topological polar surface area (TPSA) is 37.9 Å². The summed E-state index contributed by atoms with van der Waals surface area (Å²) < 4.78 is 6.56. The second-order valence-corrected chi connectivity index (χ2v) is 6.83. The van der Waals surface area contributed by atoms with Crippen LogP contribution in [0.15, 0.2) is 66.9 Å². The third-order valence-corrected chi connectivity index (χ3v) is 5.15. The molecule has 0 bridgehead atoms. The summed E-state index contributed by atoms with van der Waals surface area (Å²) in [6.07, 6.45) is 5.58. The fourth-order valence-electron chi connectivity index (χ4n) is 3.85. The Bertz CT molecular complexity index is 698. The van der Waals surface area contributed by atoms with Crippen molar-refractivity contribution in [3.05, 3.63) is 78.0 Å². The van der Waals surface area contributed by atoms with Crippen molar-refractivity contribution in [2.45, 2.75) is 25.0 Å². The van der Waals surface area contributed by atoms with Gasteiger partial charge in [0.1, 0.15) is 5.76 Å². The van der Waals surface area contributed by atoms with Crippen LogP contribution < -0.4 is 10.6 Å². The number of quaternary nitrogens is 1. The van der Waals surface area contributed by atoms with Crippen molar-refractivity contribution >= 4 is 18.2 Å². The Morgan fingerprint density at radius 1 is 0.960 bits per heavy atom. The van der Waals surface area contributed by atoms with Crippen LogP contribution in [0, 0.1) is 5.92 Å². The molecule has 2 heterocycles. The van der Waals surface area contributed by atoms with E-state index in [0.29, 0.717) is 5.92 Å². The van der Waals surface area contributed by atoms with Crippen LogP contribution in [0.1, 0.15) is 30.4 Å². The van der Waals surface area contributed by atoms with E-state index in [1.807, 2.05) is 12.3 Å². The first-order chi connectivity index (χ1) is 11.9. The first-order valence-electron chi connectivity index (χ1n) is 8.95. The minimum Gasteiger partial charge on any atom is -0.462 e. The van der Waals surface area contributed by atoms with E-state index >= 15 is 0 Å². The molecule has 3 nitrogen and oxygen atoms in total. The van der Waals surface area contributed by atoms with Gasteiger partial charge in [-0.05, 0) is 18.8 Å². The highest BCUT2D eigenvalue weighted by molar-refractivity contribution is 5.85. The summed E-state index contributed by atoms with van der Waals surface area (Å²) in [5.74, 6) is 1.63. The Morgan fingerprint density at radius 3 is 2.28 bits per heavy atom. The summed E-state index contributed by atoms with van der Waals surface area (Å²) in [6.45, 7) is 2.46. The summed E-state index contributed by atoms with van der Waals surface area (Å²) in [4.78, 5) is 0. The van der Waals surface area contributed by atoms with Crippen molar-refractivity contribution in [1.82, 2.24) is 5.32 Å². The van der Waals surface area contributed by atoms with Gasteiger partial charge in [-0.2, -0.15) is 0 Å². The predicted molar refractivity (Wildman–Crippen MR) is 103 cm³/mol. The molecule has 4 rings (SSSR count). The zero-order valence-electron chi connectivity index (χ0n) is 14.4. The van der Waals surface area contributed by atoms with E-state index < -0.39 is 5.72 Å². The van der Waals surface area contributed by atoms with Crippen LogP contribution in [0.2, 0.25) is 0 Å². The molecule has 0 amide bonds. The first kappa shape index (κ1) is 17.8. The highest BCUT2D eigenvalue weighted by Gasteiger charge is 2.41. The molecule has 2 aromatic carbocycles. The molecule has 0 spiro atoms. The van der Waals surface area contributed by atoms with Crippen molar-refractivity contribution in [1.29, 1.82) is 0 Å². The molecule has 25 heavy (non-hydrogen) atoms. The lowest BCUT2D eigenvalue weighted by atomic mass is 9.86. The predicted octanol–water partition coefficient (Wildman–Crippen LogP) is 3.24. The number of ether oxygens (including phenoxy) is 1. The third-order valence-electron chi connectivity index (χ3n) is 5.15. The molecule has 2 aliphatic rings. The summed E-state index contributed by atoms with van der Waals surface area (Å²) >= 11 is 0. The Morgan fingerprint density at radius 2 is 1.60 bits per heavy atom. The average Bonchev–Trinajstić information content (AvgIpc) is 3.09. The normalized spacial score (nSPS) is 23.1. The standard InChI is InChI=1S/C21H24N2O.ClH/c1-3-7-18(8-4-1)20-16-23-21(24-20,19-9-5-2-6-10-19)15-17-11-13-22-14-12-17;/h1-10,16-17,22-23H,11-15H2;1H/p+1. The molecule has 1 fully saturated rings. The van der Waals surface area contributed by atoms with Gasteiger partial charge in [-0.15, -0.1) is 12.4 Å². The largest absolute Gasteiger partial charge is 0.462 e. The SMILES string of the molecule is C1=C(c2ccccc2)OC(CC2CC[NH2+]CC2)(c2ccccc2)N1.Cl. The monoisotopic (exact) mass is 357 g/mol. The van der Waals surface area contributed by atoms with Gasteiger partial charge in [0.05, 0.1) is 13.1 Å². The van der Waals surface area contributed by atoms with Crippen molar-refractivity contribution in [3.63, 3.8) is 0 Å². The second kappa shape index (κ2) is 7.94. The molecule has 132 valence electrons. The van der Waals surface area contributed by atoms with E-state index in [4.69, 9.17) is 4.74 Å². The molecular weight excluding hydrogens is 332 g/mol. The van der Waals surface area contributed by atoms with E-state index in [1.54, 1.807) is 0 Å². The van der Waals surface area contributed by atoms with E-state index in [-0.39, 0.29) is 12.4 Å². The second-order valence-electron chi connectivity index (χ2n) is 6.83. The number of rotatable bonds is 4. The average molecular weight is 358 g/mol. The van der Waals surface area contributed by atoms with Gasteiger partial charge in [0, 0.05) is 23.7 Å². The molecule has 0 aromatic heterocycles. The van der Waals surface area contributed by atoms with Gasteiger partial charge in [-0.3, -0.25) is 0 Å². The number of nitrogens with one attached hydrogen (secondary N) is 1. The fourth-order valence-corrected chi connectivity index (χ4v) is 3.85. The Balaban J connectivity index is 0.00000182. The van der Waals surface area contributed by atoms with Gasteiger partial charge in [0.15, 0.2) is 0 Å². The van der Waals surface area contributed by atoms with Crippen LogP contribution in [0.4, 0.5) is 0 Å². The summed E-state index contributed by atoms with van der Waals surface area (Å²) in [6, 6.07) is 20.9. The van der Waals surface area contributed by atoms with E-state index in [2.05, 4.69) is 65.2 Å². The maximum absolute atomic E-state index is 6.56.